The zero-order valence-electron chi connectivity index (χ0n) is 19.4. The lowest BCUT2D eigenvalue weighted by molar-refractivity contribution is -0.141. The number of amides is 1. The lowest BCUT2D eigenvalue weighted by Gasteiger charge is -2.21. The van der Waals surface area contributed by atoms with E-state index in [1.54, 1.807) is 0 Å². The van der Waals surface area contributed by atoms with Crippen LogP contribution in [0, 0.1) is 6.92 Å². The molecule has 2 heterocycles. The monoisotopic (exact) mass is 463 g/mol. The van der Waals surface area contributed by atoms with E-state index in [1.807, 2.05) is 73.7 Å². The number of aromatic nitrogens is 1. The van der Waals surface area contributed by atoms with Crippen molar-refractivity contribution in [2.75, 3.05) is 0 Å². The van der Waals surface area contributed by atoms with Crippen LogP contribution in [0.3, 0.4) is 0 Å². The fourth-order valence-electron chi connectivity index (χ4n) is 4.75. The molecule has 4 aromatic rings. The molecule has 0 radical (unpaired) electrons. The number of carboxylic acid groups (broad SMARTS) is 1. The van der Waals surface area contributed by atoms with Crippen LogP contribution in [0.4, 0.5) is 0 Å². The normalized spacial score (nSPS) is 15.3. The molecule has 1 N–H and O–H groups in total. The van der Waals surface area contributed by atoms with Crippen molar-refractivity contribution in [1.29, 1.82) is 0 Å². The summed E-state index contributed by atoms with van der Waals surface area (Å²) in [7, 11) is 0. The Bertz CT molecular complexity index is 1430. The highest BCUT2D eigenvalue weighted by Crippen LogP contribution is 2.39. The van der Waals surface area contributed by atoms with Gasteiger partial charge in [-0.25, -0.2) is 5.01 Å². The van der Waals surface area contributed by atoms with Crippen LogP contribution < -0.4 is 0 Å². The van der Waals surface area contributed by atoms with E-state index in [9.17, 15) is 9.59 Å². The summed E-state index contributed by atoms with van der Waals surface area (Å²) in [5.41, 5.74) is 6.50. The first-order valence-electron chi connectivity index (χ1n) is 11.6. The number of carbonyl (C=O) groups excluding carboxylic acids is 1. The Kier molecular flexibility index (Phi) is 6.10. The molecule has 35 heavy (non-hydrogen) atoms. The summed E-state index contributed by atoms with van der Waals surface area (Å²) in [5, 5.41) is 16.4. The van der Waals surface area contributed by atoms with Gasteiger partial charge in [-0.15, -0.1) is 0 Å². The predicted molar refractivity (Wildman–Crippen MR) is 136 cm³/mol. The van der Waals surface area contributed by atoms with Crippen molar-refractivity contribution in [3.8, 4) is 11.1 Å². The van der Waals surface area contributed by atoms with E-state index >= 15 is 0 Å². The van der Waals surface area contributed by atoms with Gasteiger partial charge in [0.1, 0.15) is 0 Å². The van der Waals surface area contributed by atoms with Crippen molar-refractivity contribution < 1.29 is 14.7 Å². The molecule has 174 valence electrons. The maximum atomic E-state index is 13.1. The fraction of sp³-hybridized carbons (Fsp3) is 0.172. The van der Waals surface area contributed by atoms with Crippen molar-refractivity contribution in [1.82, 2.24) is 9.99 Å². The molecule has 1 aliphatic rings. The van der Waals surface area contributed by atoms with Crippen molar-refractivity contribution in [3.05, 3.63) is 102 Å². The number of fused-ring (bicyclic) bond motifs is 1. The van der Waals surface area contributed by atoms with E-state index in [0.29, 0.717) is 6.42 Å². The molecule has 1 aliphatic heterocycles. The molecule has 1 aromatic heterocycles. The van der Waals surface area contributed by atoms with Gasteiger partial charge in [-0.3, -0.25) is 14.6 Å². The molecule has 0 aliphatic carbocycles. The summed E-state index contributed by atoms with van der Waals surface area (Å²) < 4.78 is 0. The third kappa shape index (κ3) is 4.43. The number of benzene rings is 3. The standard InChI is InChI=1S/C29H25N3O3/c1-19-28(29(21-12-6-3-7-13-21)22-14-8-9-15-23(22)30-19)24-18-25(20-10-4-2-5-11-20)32(31-24)26(33)16-17-27(34)35/h2-15,25H,16-18H2,1H3,(H,34,35). The number of hydrogen-bond donors (Lipinski definition) is 1. The maximum absolute atomic E-state index is 13.1. The first kappa shape index (κ1) is 22.5. The molecular weight excluding hydrogens is 438 g/mol. The van der Waals surface area contributed by atoms with Gasteiger partial charge in [0, 0.05) is 35.0 Å². The lowest BCUT2D eigenvalue weighted by Crippen LogP contribution is -2.27. The van der Waals surface area contributed by atoms with Crippen LogP contribution in [0.1, 0.15) is 42.1 Å². The number of para-hydroxylation sites is 1. The number of rotatable bonds is 6. The summed E-state index contributed by atoms with van der Waals surface area (Å²) >= 11 is 0. The zero-order valence-corrected chi connectivity index (χ0v) is 19.4. The summed E-state index contributed by atoms with van der Waals surface area (Å²) in [5.74, 6) is -1.30. The smallest absolute Gasteiger partial charge is 0.303 e. The number of aliphatic carboxylic acids is 1. The lowest BCUT2D eigenvalue weighted by atomic mass is 9.89. The fourth-order valence-corrected chi connectivity index (χ4v) is 4.75. The Morgan fingerprint density at radius 1 is 0.886 bits per heavy atom. The molecule has 0 saturated carbocycles. The second-order valence-electron chi connectivity index (χ2n) is 8.64. The summed E-state index contributed by atoms with van der Waals surface area (Å²) in [6.07, 6.45) is 0.187. The topological polar surface area (TPSA) is 82.9 Å². The first-order chi connectivity index (χ1) is 17.0. The molecule has 3 aromatic carbocycles. The SMILES string of the molecule is Cc1nc2ccccc2c(-c2ccccc2)c1C1=NN(C(=O)CCC(=O)O)C(c2ccccc2)C1. The number of carboxylic acids is 1. The second-order valence-corrected chi connectivity index (χ2v) is 8.64. The molecule has 0 fully saturated rings. The van der Waals surface area contributed by atoms with E-state index in [2.05, 4.69) is 18.2 Å². The van der Waals surface area contributed by atoms with E-state index in [4.69, 9.17) is 15.2 Å². The van der Waals surface area contributed by atoms with Crippen LogP contribution in [0.25, 0.3) is 22.0 Å². The highest BCUT2D eigenvalue weighted by atomic mass is 16.4. The molecular formula is C29H25N3O3. The molecule has 6 heteroatoms. The summed E-state index contributed by atoms with van der Waals surface area (Å²) in [4.78, 5) is 29.1. The van der Waals surface area contributed by atoms with Crippen LogP contribution in [0.15, 0.2) is 90.0 Å². The largest absolute Gasteiger partial charge is 0.481 e. The van der Waals surface area contributed by atoms with Gasteiger partial charge in [0.2, 0.25) is 5.91 Å². The van der Waals surface area contributed by atoms with Crippen LogP contribution in [-0.2, 0) is 9.59 Å². The minimum Gasteiger partial charge on any atom is -0.481 e. The van der Waals surface area contributed by atoms with E-state index in [1.165, 1.54) is 5.01 Å². The Labute approximate surface area is 203 Å². The minimum atomic E-state index is -1.00. The van der Waals surface area contributed by atoms with Crippen molar-refractivity contribution in [3.63, 3.8) is 0 Å². The zero-order chi connectivity index (χ0) is 24.4. The van der Waals surface area contributed by atoms with Crippen molar-refractivity contribution >= 4 is 28.5 Å². The highest BCUT2D eigenvalue weighted by molar-refractivity contribution is 6.14. The number of pyridine rings is 1. The Balaban J connectivity index is 1.67. The van der Waals surface area contributed by atoms with Gasteiger partial charge in [-0.2, -0.15) is 5.10 Å². The number of carbonyl (C=O) groups is 2. The third-order valence-corrected chi connectivity index (χ3v) is 6.33. The summed E-state index contributed by atoms with van der Waals surface area (Å²) in [6.45, 7) is 1.98. The molecule has 1 amide bonds. The van der Waals surface area contributed by atoms with Gasteiger partial charge in [0.25, 0.3) is 0 Å². The van der Waals surface area contributed by atoms with Gasteiger partial charge in [0.15, 0.2) is 0 Å². The highest BCUT2D eigenvalue weighted by Gasteiger charge is 2.35. The quantitative estimate of drug-likeness (QED) is 0.395. The van der Waals surface area contributed by atoms with Crippen LogP contribution in [0.2, 0.25) is 0 Å². The third-order valence-electron chi connectivity index (χ3n) is 6.33. The van der Waals surface area contributed by atoms with Crippen molar-refractivity contribution in [2.45, 2.75) is 32.2 Å². The summed E-state index contributed by atoms with van der Waals surface area (Å²) in [6, 6.07) is 27.6. The molecule has 1 atom stereocenters. The average molecular weight is 464 g/mol. The molecule has 6 nitrogen and oxygen atoms in total. The van der Waals surface area contributed by atoms with E-state index in [0.717, 1.165) is 44.6 Å². The maximum Gasteiger partial charge on any atom is 0.303 e. The molecule has 1 unspecified atom stereocenters. The van der Waals surface area contributed by atoms with Crippen LogP contribution in [-0.4, -0.2) is 32.7 Å². The Morgan fingerprint density at radius 2 is 1.54 bits per heavy atom. The Hall–Kier alpha value is -4.32. The van der Waals surface area contributed by atoms with Crippen molar-refractivity contribution in [2.24, 2.45) is 5.10 Å². The van der Waals surface area contributed by atoms with Crippen LogP contribution in [0.5, 0.6) is 0 Å². The van der Waals surface area contributed by atoms with Gasteiger partial charge >= 0.3 is 5.97 Å². The van der Waals surface area contributed by atoms with Gasteiger partial charge in [0.05, 0.1) is 23.7 Å². The number of hydrazone groups is 1. The molecule has 5 rings (SSSR count). The second kappa shape index (κ2) is 9.50. The minimum absolute atomic E-state index is 0.101. The van der Waals surface area contributed by atoms with Gasteiger partial charge in [-0.05, 0) is 24.1 Å². The molecule has 0 saturated heterocycles. The van der Waals surface area contributed by atoms with E-state index < -0.39 is 5.97 Å². The molecule has 0 bridgehead atoms. The average Bonchev–Trinajstić information content (AvgIpc) is 3.32. The number of nitrogens with zero attached hydrogens (tertiary/aromatic N) is 3. The van der Waals surface area contributed by atoms with E-state index in [-0.39, 0.29) is 24.8 Å². The molecule has 0 spiro atoms. The van der Waals surface area contributed by atoms with Crippen LogP contribution >= 0.6 is 0 Å². The van der Waals surface area contributed by atoms with Gasteiger partial charge < -0.3 is 5.11 Å². The Morgan fingerprint density at radius 3 is 2.26 bits per heavy atom. The number of hydrogen-bond acceptors (Lipinski definition) is 4. The number of aryl methyl sites for hydroxylation is 1. The van der Waals surface area contributed by atoms with Gasteiger partial charge in [-0.1, -0.05) is 78.9 Å². The predicted octanol–water partition coefficient (Wildman–Crippen LogP) is 5.75. The first-order valence-corrected chi connectivity index (χ1v) is 11.6.